The van der Waals surface area contributed by atoms with Crippen LogP contribution in [0.25, 0.3) is 0 Å². The largest absolute Gasteiger partial charge is 0.460 e. The van der Waals surface area contributed by atoms with Crippen LogP contribution in [-0.4, -0.2) is 12.1 Å². The number of nitrogens with one attached hydrogen (secondary N) is 1. The van der Waals surface area contributed by atoms with Gasteiger partial charge in [-0.05, 0) is 36.3 Å². The molecule has 0 aliphatic heterocycles. The molecule has 0 aromatic carbocycles. The Morgan fingerprint density at radius 2 is 2.39 bits per heavy atom. The molecular weight excluding hydrogens is 248 g/mol. The van der Waals surface area contributed by atoms with Gasteiger partial charge in [0, 0.05) is 0 Å². The van der Waals surface area contributed by atoms with Crippen LogP contribution in [0.2, 0.25) is 0 Å². The van der Waals surface area contributed by atoms with E-state index in [1.165, 1.54) is 18.0 Å². The number of amides is 1. The molecule has 0 aliphatic carbocycles. The maximum Gasteiger partial charge on any atom is 0.245 e. The van der Waals surface area contributed by atoms with E-state index in [9.17, 15) is 4.79 Å². The van der Waals surface area contributed by atoms with Gasteiger partial charge >= 0.3 is 0 Å². The molecule has 1 N–H and O–H groups in total. The maximum absolute atomic E-state index is 11.5. The first kappa shape index (κ1) is 14.3. The van der Waals surface area contributed by atoms with Gasteiger partial charge in [0.1, 0.15) is 11.5 Å². The van der Waals surface area contributed by atoms with E-state index in [4.69, 9.17) is 4.42 Å². The van der Waals surface area contributed by atoms with Crippen LogP contribution < -0.4 is 5.43 Å². The number of allylic oxidation sites excluding steroid dienone is 1. The zero-order valence-electron chi connectivity index (χ0n) is 10.5. The minimum absolute atomic E-state index is 0.169. The number of hydrogen-bond acceptors (Lipinski definition) is 4. The highest BCUT2D eigenvalue weighted by molar-refractivity contribution is 8.05. The van der Waals surface area contributed by atoms with Crippen LogP contribution in [0.15, 0.2) is 44.6 Å². The molecule has 1 aromatic heterocycles. The van der Waals surface area contributed by atoms with E-state index in [0.717, 1.165) is 10.7 Å². The molecule has 0 spiro atoms. The Hall–Kier alpha value is -1.75. The minimum atomic E-state index is -0.169. The van der Waals surface area contributed by atoms with Crippen molar-refractivity contribution in [1.29, 1.82) is 0 Å². The molecule has 1 rings (SSSR count). The third-order valence-corrected chi connectivity index (χ3v) is 2.88. The van der Waals surface area contributed by atoms with Gasteiger partial charge in [-0.15, -0.1) is 11.8 Å². The highest BCUT2D eigenvalue weighted by Crippen LogP contribution is 2.19. The highest BCUT2D eigenvalue weighted by atomic mass is 32.2. The third kappa shape index (κ3) is 5.05. The van der Waals surface area contributed by atoms with Crippen molar-refractivity contribution >= 4 is 23.9 Å². The Balaban J connectivity index is 2.41. The molecule has 1 amide bonds. The first-order valence-corrected chi connectivity index (χ1v) is 6.34. The summed E-state index contributed by atoms with van der Waals surface area (Å²) in [7, 11) is 0. The summed E-state index contributed by atoms with van der Waals surface area (Å²) in [5.74, 6) is 1.25. The minimum Gasteiger partial charge on any atom is -0.460 e. The second-order valence-electron chi connectivity index (χ2n) is 3.46. The predicted molar refractivity (Wildman–Crippen MR) is 75.3 cm³/mol. The van der Waals surface area contributed by atoms with Crippen LogP contribution >= 0.6 is 11.8 Å². The van der Waals surface area contributed by atoms with Crippen molar-refractivity contribution in [3.05, 3.63) is 46.6 Å². The normalized spacial score (nSPS) is 11.8. The first-order chi connectivity index (χ1) is 8.65. The molecule has 0 bridgehead atoms. The summed E-state index contributed by atoms with van der Waals surface area (Å²) in [6, 6.07) is 3.62. The van der Waals surface area contributed by atoms with Crippen molar-refractivity contribution in [3.8, 4) is 0 Å². The topological polar surface area (TPSA) is 54.6 Å². The number of rotatable bonds is 6. The predicted octanol–water partition coefficient (Wildman–Crippen LogP) is 3.21. The van der Waals surface area contributed by atoms with E-state index >= 15 is 0 Å². The number of thioether (sulfide) groups is 1. The molecule has 5 heteroatoms. The number of nitrogens with zero attached hydrogens (tertiary/aromatic N) is 1. The van der Waals surface area contributed by atoms with E-state index in [1.807, 2.05) is 26.0 Å². The molecule has 96 valence electrons. The van der Waals surface area contributed by atoms with E-state index in [-0.39, 0.29) is 5.91 Å². The van der Waals surface area contributed by atoms with Gasteiger partial charge in [0.15, 0.2) is 0 Å². The first-order valence-electron chi connectivity index (χ1n) is 5.46. The van der Waals surface area contributed by atoms with Crippen molar-refractivity contribution in [2.45, 2.75) is 20.3 Å². The summed E-state index contributed by atoms with van der Waals surface area (Å²) in [5.41, 5.74) is 2.45. The summed E-state index contributed by atoms with van der Waals surface area (Å²) in [6.07, 6.45) is 3.65. The molecule has 0 aliphatic rings. The van der Waals surface area contributed by atoms with Gasteiger partial charge in [0.05, 0.1) is 12.6 Å². The van der Waals surface area contributed by atoms with Gasteiger partial charge in [-0.3, -0.25) is 4.79 Å². The molecule has 4 nitrogen and oxygen atoms in total. The van der Waals surface area contributed by atoms with Crippen molar-refractivity contribution in [2.75, 3.05) is 0 Å². The van der Waals surface area contributed by atoms with Gasteiger partial charge in [0.2, 0.25) is 5.91 Å². The molecule has 0 fully saturated rings. The van der Waals surface area contributed by atoms with E-state index in [0.29, 0.717) is 12.2 Å². The quantitative estimate of drug-likeness (QED) is 0.634. The number of aryl methyl sites for hydroxylation is 1. The number of hydrogen-bond donors (Lipinski definition) is 1. The van der Waals surface area contributed by atoms with Gasteiger partial charge in [0.25, 0.3) is 0 Å². The summed E-state index contributed by atoms with van der Waals surface area (Å²) in [6.45, 7) is 7.34. The number of carbonyl (C=O) groups excluding carboxylic acids is 1. The summed E-state index contributed by atoms with van der Waals surface area (Å²) in [5, 5.41) is 5.51. The monoisotopic (exact) mass is 264 g/mol. The molecule has 18 heavy (non-hydrogen) atoms. The Kier molecular flexibility index (Phi) is 6.00. The van der Waals surface area contributed by atoms with E-state index in [1.54, 1.807) is 11.5 Å². The van der Waals surface area contributed by atoms with Crippen LogP contribution in [0.1, 0.15) is 24.9 Å². The lowest BCUT2D eigenvalue weighted by molar-refractivity contribution is -0.120. The number of hydrazone groups is 1. The van der Waals surface area contributed by atoms with Crippen molar-refractivity contribution in [3.63, 3.8) is 0 Å². The second kappa shape index (κ2) is 7.55. The standard InChI is InChI=1S/C13H16N2O2S/c1-4-12(18-5-2)8-13(16)15-14-9-11-7-6-10(3)17-11/h4-7,9H,2,8H2,1,3H3,(H,15,16)/b12-4-,14-9-. The molecule has 1 heterocycles. The zero-order chi connectivity index (χ0) is 13.4. The van der Waals surface area contributed by atoms with Crippen LogP contribution in [0.3, 0.4) is 0 Å². The Labute approximate surface area is 111 Å². The molecule has 1 aromatic rings. The van der Waals surface area contributed by atoms with Crippen molar-refractivity contribution < 1.29 is 9.21 Å². The number of carbonyl (C=O) groups is 1. The molecule has 0 radical (unpaired) electrons. The van der Waals surface area contributed by atoms with Crippen molar-refractivity contribution in [1.82, 2.24) is 5.43 Å². The van der Waals surface area contributed by atoms with E-state index in [2.05, 4.69) is 17.1 Å². The highest BCUT2D eigenvalue weighted by Gasteiger charge is 2.03. The Morgan fingerprint density at radius 1 is 1.61 bits per heavy atom. The molecule has 0 saturated carbocycles. The smallest absolute Gasteiger partial charge is 0.245 e. The van der Waals surface area contributed by atoms with Gasteiger partial charge in [-0.1, -0.05) is 12.7 Å². The molecule has 0 atom stereocenters. The van der Waals surface area contributed by atoms with Gasteiger partial charge in [-0.25, -0.2) is 5.43 Å². The summed E-state index contributed by atoms with van der Waals surface area (Å²) < 4.78 is 5.28. The summed E-state index contributed by atoms with van der Waals surface area (Å²) in [4.78, 5) is 12.5. The van der Waals surface area contributed by atoms with Gasteiger partial charge < -0.3 is 4.42 Å². The lowest BCUT2D eigenvalue weighted by Crippen LogP contribution is -2.17. The Morgan fingerprint density at radius 3 is 2.94 bits per heavy atom. The van der Waals surface area contributed by atoms with Crippen LogP contribution in [0.5, 0.6) is 0 Å². The van der Waals surface area contributed by atoms with Crippen LogP contribution in [0, 0.1) is 6.92 Å². The Bertz CT molecular complexity index is 475. The SMILES string of the molecule is C=CS/C(=C\C)CC(=O)N/N=C\c1ccc(C)o1. The van der Waals surface area contributed by atoms with Crippen molar-refractivity contribution in [2.24, 2.45) is 5.10 Å². The fraction of sp³-hybridized carbons (Fsp3) is 0.231. The second-order valence-corrected chi connectivity index (χ2v) is 4.55. The fourth-order valence-corrected chi connectivity index (χ4v) is 1.77. The lowest BCUT2D eigenvalue weighted by Gasteiger charge is -2.01. The maximum atomic E-state index is 11.5. The molecule has 0 saturated heterocycles. The average molecular weight is 264 g/mol. The van der Waals surface area contributed by atoms with Gasteiger partial charge in [-0.2, -0.15) is 5.10 Å². The number of furan rings is 1. The van der Waals surface area contributed by atoms with Crippen LogP contribution in [-0.2, 0) is 4.79 Å². The lowest BCUT2D eigenvalue weighted by atomic mass is 10.3. The van der Waals surface area contributed by atoms with Crippen LogP contribution in [0.4, 0.5) is 0 Å². The zero-order valence-corrected chi connectivity index (χ0v) is 11.3. The average Bonchev–Trinajstić information content (AvgIpc) is 2.74. The molecule has 0 unspecified atom stereocenters. The summed E-state index contributed by atoms with van der Waals surface area (Å²) >= 11 is 1.43. The third-order valence-electron chi connectivity index (χ3n) is 2.03. The molecular formula is C13H16N2O2S. The van der Waals surface area contributed by atoms with E-state index < -0.39 is 0 Å². The fourth-order valence-electron chi connectivity index (χ4n) is 1.21.